The molecule has 19 heavy (non-hydrogen) atoms. The van der Waals surface area contributed by atoms with Crippen molar-refractivity contribution in [1.82, 2.24) is 4.90 Å². The van der Waals surface area contributed by atoms with E-state index in [1.807, 2.05) is 18.2 Å². The quantitative estimate of drug-likeness (QED) is 0.848. The zero-order valence-corrected chi connectivity index (χ0v) is 10.5. The van der Waals surface area contributed by atoms with Crippen molar-refractivity contribution < 1.29 is 18.7 Å². The first-order chi connectivity index (χ1) is 9.25. The van der Waals surface area contributed by atoms with E-state index in [0.29, 0.717) is 18.1 Å². The number of rotatable bonds is 3. The molecule has 5 nitrogen and oxygen atoms in total. The number of furan rings is 1. The van der Waals surface area contributed by atoms with E-state index in [1.54, 1.807) is 24.1 Å². The summed E-state index contributed by atoms with van der Waals surface area (Å²) in [4.78, 5) is 13.6. The molecule has 1 aliphatic rings. The molecule has 3 rings (SSSR count). The van der Waals surface area contributed by atoms with E-state index in [2.05, 4.69) is 0 Å². The minimum atomic E-state index is -0.165. The van der Waals surface area contributed by atoms with Crippen molar-refractivity contribution >= 4 is 5.91 Å². The molecule has 0 radical (unpaired) electrons. The fraction of sp³-hybridized carbons (Fsp3) is 0.214. The van der Waals surface area contributed by atoms with Crippen LogP contribution in [0.15, 0.2) is 41.0 Å². The highest BCUT2D eigenvalue weighted by Gasteiger charge is 2.20. The largest absolute Gasteiger partial charge is 0.459 e. The van der Waals surface area contributed by atoms with Crippen molar-refractivity contribution in [2.75, 3.05) is 13.8 Å². The molecule has 0 saturated carbocycles. The number of amides is 1. The first-order valence-electron chi connectivity index (χ1n) is 5.92. The molecular formula is C14H13NO4. The monoisotopic (exact) mass is 259 g/mol. The molecular weight excluding hydrogens is 246 g/mol. The number of benzene rings is 1. The van der Waals surface area contributed by atoms with Gasteiger partial charge >= 0.3 is 0 Å². The van der Waals surface area contributed by atoms with Gasteiger partial charge < -0.3 is 18.8 Å². The predicted octanol–water partition coefficient (Wildman–Crippen LogP) is 2.28. The molecule has 98 valence electrons. The zero-order valence-electron chi connectivity index (χ0n) is 10.5. The summed E-state index contributed by atoms with van der Waals surface area (Å²) in [7, 11) is 1.72. The second-order valence-corrected chi connectivity index (χ2v) is 4.29. The number of hydrogen-bond donors (Lipinski definition) is 0. The number of hydrogen-bond acceptors (Lipinski definition) is 4. The second kappa shape index (κ2) is 4.68. The lowest BCUT2D eigenvalue weighted by Gasteiger charge is -2.16. The Hall–Kier alpha value is -2.43. The Labute approximate surface area is 110 Å². The Morgan fingerprint density at radius 3 is 2.95 bits per heavy atom. The van der Waals surface area contributed by atoms with Gasteiger partial charge in [0.1, 0.15) is 0 Å². The minimum absolute atomic E-state index is 0.165. The van der Waals surface area contributed by atoms with Gasteiger partial charge in [0.25, 0.3) is 5.91 Å². The van der Waals surface area contributed by atoms with Gasteiger partial charge in [-0.3, -0.25) is 4.79 Å². The highest BCUT2D eigenvalue weighted by molar-refractivity contribution is 5.91. The maximum Gasteiger partial charge on any atom is 0.289 e. The van der Waals surface area contributed by atoms with Crippen LogP contribution in [0.4, 0.5) is 0 Å². The van der Waals surface area contributed by atoms with Crippen LogP contribution in [0.3, 0.4) is 0 Å². The molecule has 1 aromatic carbocycles. The lowest BCUT2D eigenvalue weighted by molar-refractivity contribution is 0.0752. The van der Waals surface area contributed by atoms with Crippen LogP contribution < -0.4 is 9.47 Å². The van der Waals surface area contributed by atoms with Gasteiger partial charge in [-0.15, -0.1) is 0 Å². The molecule has 0 bridgehead atoms. The zero-order chi connectivity index (χ0) is 13.2. The summed E-state index contributed by atoms with van der Waals surface area (Å²) in [6, 6.07) is 8.99. The third-order valence-corrected chi connectivity index (χ3v) is 2.96. The molecule has 0 spiro atoms. The third-order valence-electron chi connectivity index (χ3n) is 2.96. The third kappa shape index (κ3) is 2.14. The van der Waals surface area contributed by atoms with E-state index in [0.717, 1.165) is 11.3 Å². The summed E-state index contributed by atoms with van der Waals surface area (Å²) < 4.78 is 15.8. The van der Waals surface area contributed by atoms with Crippen LogP contribution in [0, 0.1) is 0 Å². The Morgan fingerprint density at radius 1 is 1.26 bits per heavy atom. The molecule has 0 unspecified atom stereocenters. The van der Waals surface area contributed by atoms with Crippen LogP contribution in [0.25, 0.3) is 0 Å². The molecule has 0 N–H and O–H groups in total. The lowest BCUT2D eigenvalue weighted by atomic mass is 10.1. The number of para-hydroxylation sites is 1. The van der Waals surface area contributed by atoms with E-state index < -0.39 is 0 Å². The number of fused-ring (bicyclic) bond motifs is 1. The maximum absolute atomic E-state index is 12.1. The van der Waals surface area contributed by atoms with Gasteiger partial charge in [0.15, 0.2) is 17.3 Å². The van der Waals surface area contributed by atoms with Crippen LogP contribution >= 0.6 is 0 Å². The van der Waals surface area contributed by atoms with Crippen molar-refractivity contribution in [2.24, 2.45) is 0 Å². The van der Waals surface area contributed by atoms with Gasteiger partial charge in [-0.05, 0) is 18.2 Å². The molecule has 0 aliphatic carbocycles. The highest BCUT2D eigenvalue weighted by atomic mass is 16.7. The van der Waals surface area contributed by atoms with Crippen LogP contribution in [-0.2, 0) is 6.54 Å². The van der Waals surface area contributed by atoms with E-state index in [4.69, 9.17) is 13.9 Å². The molecule has 0 atom stereocenters. The first kappa shape index (κ1) is 11.6. The predicted molar refractivity (Wildman–Crippen MR) is 67.1 cm³/mol. The molecule has 0 saturated heterocycles. The number of carbonyl (C=O) groups is 1. The fourth-order valence-electron chi connectivity index (χ4n) is 2.03. The Bertz CT molecular complexity index is 591. The molecule has 2 heterocycles. The Morgan fingerprint density at radius 2 is 2.16 bits per heavy atom. The molecule has 1 aromatic heterocycles. The van der Waals surface area contributed by atoms with Crippen molar-refractivity contribution in [1.29, 1.82) is 0 Å². The summed E-state index contributed by atoms with van der Waals surface area (Å²) in [6.45, 7) is 0.661. The fourth-order valence-corrected chi connectivity index (χ4v) is 2.03. The van der Waals surface area contributed by atoms with Gasteiger partial charge in [-0.25, -0.2) is 0 Å². The van der Waals surface area contributed by atoms with E-state index in [-0.39, 0.29) is 12.7 Å². The SMILES string of the molecule is CN(Cc1cccc2c1OCO2)C(=O)c1ccco1. The summed E-state index contributed by atoms with van der Waals surface area (Å²) >= 11 is 0. The average Bonchev–Trinajstić information content (AvgIpc) is 3.09. The Balaban J connectivity index is 1.79. The highest BCUT2D eigenvalue weighted by Crippen LogP contribution is 2.35. The molecule has 1 aliphatic heterocycles. The topological polar surface area (TPSA) is 51.9 Å². The summed E-state index contributed by atoms with van der Waals surface area (Å²) in [5.41, 5.74) is 0.914. The standard InChI is InChI=1S/C14H13NO4/c1-15(14(16)12-6-3-7-17-12)8-10-4-2-5-11-13(10)19-9-18-11/h2-7H,8-9H2,1H3. The lowest BCUT2D eigenvalue weighted by Crippen LogP contribution is -2.25. The number of ether oxygens (including phenoxy) is 2. The van der Waals surface area contributed by atoms with Gasteiger partial charge in [-0.2, -0.15) is 0 Å². The van der Waals surface area contributed by atoms with Gasteiger partial charge in [-0.1, -0.05) is 12.1 Å². The molecule has 0 fully saturated rings. The first-order valence-corrected chi connectivity index (χ1v) is 5.92. The van der Waals surface area contributed by atoms with Crippen molar-refractivity contribution in [3.05, 3.63) is 47.9 Å². The number of carbonyl (C=O) groups excluding carboxylic acids is 1. The molecule has 5 heteroatoms. The van der Waals surface area contributed by atoms with E-state index >= 15 is 0 Å². The van der Waals surface area contributed by atoms with Gasteiger partial charge in [0.2, 0.25) is 6.79 Å². The minimum Gasteiger partial charge on any atom is -0.459 e. The summed E-state index contributed by atoms with van der Waals surface area (Å²) in [5, 5.41) is 0. The second-order valence-electron chi connectivity index (χ2n) is 4.29. The smallest absolute Gasteiger partial charge is 0.289 e. The van der Waals surface area contributed by atoms with E-state index in [9.17, 15) is 4.79 Å². The van der Waals surface area contributed by atoms with Gasteiger partial charge in [0.05, 0.1) is 6.26 Å². The average molecular weight is 259 g/mol. The molecule has 2 aromatic rings. The Kier molecular flexibility index (Phi) is 2.87. The maximum atomic E-state index is 12.1. The van der Waals surface area contributed by atoms with Crippen molar-refractivity contribution in [3.63, 3.8) is 0 Å². The van der Waals surface area contributed by atoms with Crippen molar-refractivity contribution in [2.45, 2.75) is 6.54 Å². The van der Waals surface area contributed by atoms with E-state index in [1.165, 1.54) is 6.26 Å². The van der Waals surface area contributed by atoms with Crippen LogP contribution in [-0.4, -0.2) is 24.6 Å². The molecule has 1 amide bonds. The number of nitrogens with zero attached hydrogens (tertiary/aromatic N) is 1. The summed E-state index contributed by atoms with van der Waals surface area (Å²) in [6.07, 6.45) is 1.48. The van der Waals surface area contributed by atoms with Crippen LogP contribution in [0.2, 0.25) is 0 Å². The van der Waals surface area contributed by atoms with Crippen LogP contribution in [0.5, 0.6) is 11.5 Å². The van der Waals surface area contributed by atoms with Gasteiger partial charge in [0, 0.05) is 19.2 Å². The summed E-state index contributed by atoms with van der Waals surface area (Å²) in [5.74, 6) is 1.59. The normalized spacial score (nSPS) is 12.5. The van der Waals surface area contributed by atoms with Crippen LogP contribution in [0.1, 0.15) is 16.1 Å². The van der Waals surface area contributed by atoms with Crippen molar-refractivity contribution in [3.8, 4) is 11.5 Å².